The molecule has 0 amide bonds. The zero-order valence-electron chi connectivity index (χ0n) is 18.3. The fourth-order valence-corrected chi connectivity index (χ4v) is 5.54. The number of hydrogen-bond acceptors (Lipinski definition) is 8. The van der Waals surface area contributed by atoms with Crippen molar-refractivity contribution in [2.24, 2.45) is 0 Å². The van der Waals surface area contributed by atoms with E-state index >= 15 is 0 Å². The second-order valence-electron chi connectivity index (χ2n) is 7.76. The highest BCUT2D eigenvalue weighted by Crippen LogP contribution is 2.48. The van der Waals surface area contributed by atoms with E-state index in [1.807, 2.05) is 78.9 Å². The average molecular weight is 495 g/mol. The Bertz CT molecular complexity index is 1600. The van der Waals surface area contributed by atoms with E-state index < -0.39 is 0 Å². The summed E-state index contributed by atoms with van der Waals surface area (Å²) in [6, 6.07) is 29.8. The summed E-state index contributed by atoms with van der Waals surface area (Å²) in [6.45, 7) is 0. The number of thiophene rings is 1. The van der Waals surface area contributed by atoms with Gasteiger partial charge < -0.3 is 9.52 Å². The van der Waals surface area contributed by atoms with Gasteiger partial charge in [0, 0.05) is 16.9 Å². The van der Waals surface area contributed by atoms with Gasteiger partial charge in [-0.2, -0.15) is 0 Å². The molecular formula is C27H18N4O2S2. The molecule has 0 saturated carbocycles. The number of benzene rings is 3. The maximum absolute atomic E-state index is 11.4. The largest absolute Gasteiger partial charge is 0.505 e. The molecule has 0 aliphatic carbocycles. The fraction of sp³-hybridized carbons (Fsp3) is 0.0370. The SMILES string of the molecule is Oc1c(-c2nnc(SCc3ccccc3)o2)sc2nnc(-c3ccccc3)c(-c3ccccc3)c12. The first-order chi connectivity index (χ1) is 17.3. The van der Waals surface area contributed by atoms with Gasteiger partial charge >= 0.3 is 0 Å². The van der Waals surface area contributed by atoms with Gasteiger partial charge in [-0.3, -0.25) is 0 Å². The first-order valence-electron chi connectivity index (χ1n) is 10.9. The third kappa shape index (κ3) is 4.18. The van der Waals surface area contributed by atoms with E-state index in [4.69, 9.17) is 4.42 Å². The molecule has 3 heterocycles. The van der Waals surface area contributed by atoms with Crippen LogP contribution in [0.4, 0.5) is 0 Å². The smallest absolute Gasteiger partial charge is 0.277 e. The molecule has 0 aliphatic rings. The number of fused-ring (bicyclic) bond motifs is 1. The molecule has 0 radical (unpaired) electrons. The molecule has 35 heavy (non-hydrogen) atoms. The minimum absolute atomic E-state index is 0.0687. The maximum atomic E-state index is 11.4. The number of aromatic hydroxyl groups is 1. The van der Waals surface area contributed by atoms with Crippen molar-refractivity contribution in [3.8, 4) is 38.9 Å². The van der Waals surface area contributed by atoms with Crippen LogP contribution in [-0.4, -0.2) is 25.5 Å². The Labute approximate surface area is 209 Å². The lowest BCUT2D eigenvalue weighted by Gasteiger charge is -2.10. The lowest BCUT2D eigenvalue weighted by Crippen LogP contribution is -1.93. The third-order valence-electron chi connectivity index (χ3n) is 5.51. The summed E-state index contributed by atoms with van der Waals surface area (Å²) in [4.78, 5) is 1.09. The highest BCUT2D eigenvalue weighted by atomic mass is 32.2. The topological polar surface area (TPSA) is 84.9 Å². The first-order valence-corrected chi connectivity index (χ1v) is 12.7. The molecule has 0 saturated heterocycles. The van der Waals surface area contributed by atoms with Crippen LogP contribution in [0.5, 0.6) is 5.75 Å². The van der Waals surface area contributed by atoms with E-state index in [-0.39, 0.29) is 11.6 Å². The highest BCUT2D eigenvalue weighted by molar-refractivity contribution is 7.98. The molecule has 0 unspecified atom stereocenters. The Morgan fingerprint density at radius 1 is 0.743 bits per heavy atom. The fourth-order valence-electron chi connectivity index (χ4n) is 3.88. The predicted octanol–water partition coefficient (Wildman–Crippen LogP) is 7.07. The lowest BCUT2D eigenvalue weighted by atomic mass is 9.97. The van der Waals surface area contributed by atoms with Gasteiger partial charge in [0.05, 0.1) is 5.39 Å². The molecule has 6 rings (SSSR count). The van der Waals surface area contributed by atoms with Crippen LogP contribution in [0.3, 0.4) is 0 Å². The molecule has 3 aromatic heterocycles. The van der Waals surface area contributed by atoms with E-state index in [1.54, 1.807) is 0 Å². The lowest BCUT2D eigenvalue weighted by molar-refractivity contribution is 0.457. The summed E-state index contributed by atoms with van der Waals surface area (Å²) >= 11 is 2.74. The quantitative estimate of drug-likeness (QED) is 0.248. The van der Waals surface area contributed by atoms with Gasteiger partial charge in [0.1, 0.15) is 16.3 Å². The Kier molecular flexibility index (Phi) is 5.73. The molecule has 170 valence electrons. The minimum Gasteiger partial charge on any atom is -0.505 e. The third-order valence-corrected chi connectivity index (χ3v) is 7.45. The van der Waals surface area contributed by atoms with Gasteiger partial charge in [0.25, 0.3) is 11.1 Å². The maximum Gasteiger partial charge on any atom is 0.277 e. The molecule has 0 bridgehead atoms. The van der Waals surface area contributed by atoms with Crippen molar-refractivity contribution < 1.29 is 9.52 Å². The molecule has 6 nitrogen and oxygen atoms in total. The van der Waals surface area contributed by atoms with Gasteiger partial charge in [-0.1, -0.05) is 103 Å². The monoisotopic (exact) mass is 494 g/mol. The summed E-state index contributed by atoms with van der Waals surface area (Å²) < 4.78 is 5.91. The molecule has 0 spiro atoms. The minimum atomic E-state index is 0.0687. The van der Waals surface area contributed by atoms with Crippen LogP contribution in [0.15, 0.2) is 101 Å². The molecule has 0 aliphatic heterocycles. The number of hydrogen-bond donors (Lipinski definition) is 1. The van der Waals surface area contributed by atoms with E-state index in [9.17, 15) is 5.11 Å². The van der Waals surface area contributed by atoms with E-state index in [0.29, 0.717) is 31.8 Å². The van der Waals surface area contributed by atoms with Gasteiger partial charge in [-0.05, 0) is 11.1 Å². The van der Waals surface area contributed by atoms with E-state index in [1.165, 1.54) is 23.1 Å². The van der Waals surface area contributed by atoms with E-state index in [0.717, 1.165) is 22.3 Å². The summed E-state index contributed by atoms with van der Waals surface area (Å²) in [7, 11) is 0. The van der Waals surface area contributed by atoms with Gasteiger partial charge in [-0.25, -0.2) is 0 Å². The van der Waals surface area contributed by atoms with Crippen LogP contribution in [0.1, 0.15) is 5.56 Å². The zero-order valence-corrected chi connectivity index (χ0v) is 20.0. The van der Waals surface area contributed by atoms with Crippen LogP contribution >= 0.6 is 23.1 Å². The second-order valence-corrected chi connectivity index (χ2v) is 9.69. The standard InChI is InChI=1S/C27H18N4O2S2/c32-23-21-20(18-12-6-2-7-13-18)22(19-14-8-3-9-15-19)28-30-26(21)35-24(23)25-29-31-27(33-25)34-16-17-10-4-1-5-11-17/h1-15,32H,16H2. The molecule has 0 fully saturated rings. The first kappa shape index (κ1) is 21.5. The number of nitrogens with zero attached hydrogens (tertiary/aromatic N) is 4. The van der Waals surface area contributed by atoms with Gasteiger partial charge in [-0.15, -0.1) is 31.7 Å². The van der Waals surface area contributed by atoms with Crippen molar-refractivity contribution >= 4 is 33.3 Å². The van der Waals surface area contributed by atoms with Crippen molar-refractivity contribution in [1.82, 2.24) is 20.4 Å². The summed E-state index contributed by atoms with van der Waals surface area (Å²) in [5.74, 6) is 1.05. The number of rotatable bonds is 6. The molecular weight excluding hydrogens is 476 g/mol. The van der Waals surface area contributed by atoms with Gasteiger partial charge in [0.15, 0.2) is 4.83 Å². The Hall–Kier alpha value is -4.01. The molecule has 6 aromatic rings. The molecule has 1 N–H and O–H groups in total. The van der Waals surface area contributed by atoms with E-state index in [2.05, 4.69) is 32.5 Å². The van der Waals surface area contributed by atoms with Crippen molar-refractivity contribution in [2.75, 3.05) is 0 Å². The van der Waals surface area contributed by atoms with Gasteiger partial charge in [0.2, 0.25) is 0 Å². The predicted molar refractivity (Wildman–Crippen MR) is 139 cm³/mol. The summed E-state index contributed by atoms with van der Waals surface area (Å²) in [5, 5.41) is 29.8. The van der Waals surface area contributed by atoms with Crippen LogP contribution in [0, 0.1) is 0 Å². The second kappa shape index (κ2) is 9.32. The van der Waals surface area contributed by atoms with Crippen LogP contribution < -0.4 is 0 Å². The van der Waals surface area contributed by atoms with Crippen molar-refractivity contribution in [2.45, 2.75) is 11.0 Å². The molecule has 3 aromatic carbocycles. The van der Waals surface area contributed by atoms with Crippen molar-refractivity contribution in [1.29, 1.82) is 0 Å². The summed E-state index contributed by atoms with van der Waals surface area (Å²) in [5.41, 5.74) is 4.55. The van der Waals surface area contributed by atoms with Crippen LogP contribution in [-0.2, 0) is 5.75 Å². The number of aromatic nitrogens is 4. The highest BCUT2D eigenvalue weighted by Gasteiger charge is 2.25. The Morgan fingerprint density at radius 3 is 2.11 bits per heavy atom. The van der Waals surface area contributed by atoms with Crippen LogP contribution in [0.25, 0.3) is 43.4 Å². The molecule has 8 heteroatoms. The zero-order chi connectivity index (χ0) is 23.6. The normalized spacial score (nSPS) is 11.2. The average Bonchev–Trinajstić information content (AvgIpc) is 3.53. The van der Waals surface area contributed by atoms with Crippen molar-refractivity contribution in [3.63, 3.8) is 0 Å². The molecule has 0 atom stereocenters. The van der Waals surface area contributed by atoms with Crippen LogP contribution in [0.2, 0.25) is 0 Å². The summed E-state index contributed by atoms with van der Waals surface area (Å²) in [6.07, 6.45) is 0. The Balaban J connectivity index is 1.44. The Morgan fingerprint density at radius 2 is 1.40 bits per heavy atom. The number of thioether (sulfide) groups is 1. The van der Waals surface area contributed by atoms with Crippen molar-refractivity contribution in [3.05, 3.63) is 96.6 Å².